The Hall–Kier alpha value is -1.33. The molecule has 18 heavy (non-hydrogen) atoms. The van der Waals surface area contributed by atoms with E-state index in [4.69, 9.17) is 17.3 Å². The highest BCUT2D eigenvalue weighted by Crippen LogP contribution is 2.33. The Bertz CT molecular complexity index is 574. The zero-order valence-electron chi connectivity index (χ0n) is 10.1. The van der Waals surface area contributed by atoms with Gasteiger partial charge < -0.3 is 5.73 Å². The molecule has 0 atom stereocenters. The summed E-state index contributed by atoms with van der Waals surface area (Å²) in [6.07, 6.45) is 2.45. The molecular weight excluding hydrogens is 268 g/mol. The Balaban J connectivity index is 2.40. The lowest BCUT2D eigenvalue weighted by Gasteiger charge is -2.08. The third kappa shape index (κ3) is 2.73. The summed E-state index contributed by atoms with van der Waals surface area (Å²) < 4.78 is 0. The summed E-state index contributed by atoms with van der Waals surface area (Å²) in [6.45, 7) is 3.89. The standard InChI is InChI=1S/C12H13ClN4S/c1-3-9-16-10(14)7(2)11(17-9)18-12-8(13)5-4-6-15-12/h4-6H,3H2,1-2H3,(H2,14,16,17). The van der Waals surface area contributed by atoms with Crippen LogP contribution in [0.5, 0.6) is 0 Å². The van der Waals surface area contributed by atoms with Gasteiger partial charge in [0.1, 0.15) is 21.7 Å². The first-order valence-corrected chi connectivity index (χ1v) is 6.72. The predicted molar refractivity (Wildman–Crippen MR) is 73.9 cm³/mol. The Labute approximate surface area is 115 Å². The van der Waals surface area contributed by atoms with Crippen LogP contribution in [0.1, 0.15) is 18.3 Å². The summed E-state index contributed by atoms with van der Waals surface area (Å²) in [6, 6.07) is 3.60. The Morgan fingerprint density at radius 1 is 1.33 bits per heavy atom. The van der Waals surface area contributed by atoms with Crippen LogP contribution in [-0.2, 0) is 6.42 Å². The van der Waals surface area contributed by atoms with Crippen molar-refractivity contribution in [2.24, 2.45) is 0 Å². The number of hydrogen-bond donors (Lipinski definition) is 1. The molecule has 4 nitrogen and oxygen atoms in total. The quantitative estimate of drug-likeness (QED) is 0.875. The fourth-order valence-corrected chi connectivity index (χ4v) is 2.46. The Morgan fingerprint density at radius 3 is 2.78 bits per heavy atom. The molecule has 6 heteroatoms. The van der Waals surface area contributed by atoms with Crippen LogP contribution in [0.3, 0.4) is 0 Å². The van der Waals surface area contributed by atoms with Gasteiger partial charge in [-0.1, -0.05) is 18.5 Å². The Kier molecular flexibility index (Phi) is 4.04. The van der Waals surface area contributed by atoms with E-state index in [0.29, 0.717) is 10.8 Å². The van der Waals surface area contributed by atoms with Crippen molar-refractivity contribution in [3.8, 4) is 0 Å². The van der Waals surface area contributed by atoms with Gasteiger partial charge in [-0.3, -0.25) is 0 Å². The molecule has 2 heterocycles. The molecule has 2 N–H and O–H groups in total. The van der Waals surface area contributed by atoms with Crippen molar-refractivity contribution in [2.75, 3.05) is 5.73 Å². The van der Waals surface area contributed by atoms with Crippen LogP contribution in [0, 0.1) is 6.92 Å². The lowest BCUT2D eigenvalue weighted by Crippen LogP contribution is -2.03. The second-order valence-corrected chi connectivity index (χ2v) is 5.09. The van der Waals surface area contributed by atoms with Crippen LogP contribution >= 0.6 is 23.4 Å². The average molecular weight is 281 g/mol. The minimum atomic E-state index is 0.511. The molecule has 0 saturated carbocycles. The van der Waals surface area contributed by atoms with Crippen molar-refractivity contribution in [2.45, 2.75) is 30.3 Å². The van der Waals surface area contributed by atoms with Gasteiger partial charge in [0.15, 0.2) is 0 Å². The van der Waals surface area contributed by atoms with Gasteiger partial charge >= 0.3 is 0 Å². The number of nitrogens with two attached hydrogens (primary N) is 1. The molecule has 0 radical (unpaired) electrons. The van der Waals surface area contributed by atoms with E-state index in [1.54, 1.807) is 18.3 Å². The van der Waals surface area contributed by atoms with Crippen LogP contribution in [0.15, 0.2) is 28.4 Å². The maximum atomic E-state index is 6.08. The van der Waals surface area contributed by atoms with Crippen LogP contribution in [0.25, 0.3) is 0 Å². The summed E-state index contributed by atoms with van der Waals surface area (Å²) in [5.41, 5.74) is 6.73. The maximum absolute atomic E-state index is 6.08. The number of pyridine rings is 1. The summed E-state index contributed by atoms with van der Waals surface area (Å²) in [5, 5.41) is 2.14. The van der Waals surface area contributed by atoms with Crippen LogP contribution in [-0.4, -0.2) is 15.0 Å². The largest absolute Gasteiger partial charge is 0.383 e. The molecule has 0 aliphatic rings. The van der Waals surface area contributed by atoms with Crippen LogP contribution in [0.2, 0.25) is 5.02 Å². The lowest BCUT2D eigenvalue weighted by molar-refractivity contribution is 0.877. The fraction of sp³-hybridized carbons (Fsp3) is 0.250. The van der Waals surface area contributed by atoms with Gasteiger partial charge in [0.05, 0.1) is 5.02 Å². The molecule has 2 aromatic rings. The van der Waals surface area contributed by atoms with E-state index in [0.717, 1.165) is 27.9 Å². The summed E-state index contributed by atoms with van der Waals surface area (Å²) in [5.74, 6) is 1.24. The summed E-state index contributed by atoms with van der Waals surface area (Å²) in [4.78, 5) is 12.9. The van der Waals surface area contributed by atoms with Gasteiger partial charge in [-0.05, 0) is 30.8 Å². The number of nitrogen functional groups attached to an aromatic ring is 1. The van der Waals surface area contributed by atoms with Gasteiger partial charge in [0.2, 0.25) is 0 Å². The van der Waals surface area contributed by atoms with Gasteiger partial charge in [0, 0.05) is 18.2 Å². The van der Waals surface area contributed by atoms with E-state index in [2.05, 4.69) is 15.0 Å². The predicted octanol–water partition coefficient (Wildman–Crippen LogP) is 3.13. The van der Waals surface area contributed by atoms with E-state index in [1.807, 2.05) is 13.8 Å². The third-order valence-corrected chi connectivity index (χ3v) is 3.95. The molecule has 0 spiro atoms. The molecule has 0 unspecified atom stereocenters. The van der Waals surface area contributed by atoms with Crippen molar-refractivity contribution in [1.29, 1.82) is 0 Å². The van der Waals surface area contributed by atoms with Crippen molar-refractivity contribution < 1.29 is 0 Å². The monoisotopic (exact) mass is 280 g/mol. The number of rotatable bonds is 3. The molecule has 0 bridgehead atoms. The molecule has 0 aromatic carbocycles. The number of aryl methyl sites for hydroxylation is 1. The van der Waals surface area contributed by atoms with E-state index >= 15 is 0 Å². The molecule has 0 fully saturated rings. The van der Waals surface area contributed by atoms with Crippen molar-refractivity contribution in [3.05, 3.63) is 34.7 Å². The highest BCUT2D eigenvalue weighted by molar-refractivity contribution is 7.99. The number of halogens is 1. The van der Waals surface area contributed by atoms with Crippen molar-refractivity contribution in [1.82, 2.24) is 15.0 Å². The molecule has 2 rings (SSSR count). The Morgan fingerprint density at radius 2 is 2.11 bits per heavy atom. The highest BCUT2D eigenvalue weighted by atomic mass is 35.5. The second-order valence-electron chi connectivity index (χ2n) is 3.70. The normalized spacial score (nSPS) is 10.6. The summed E-state index contributed by atoms with van der Waals surface area (Å²) >= 11 is 7.49. The molecule has 0 aliphatic carbocycles. The van der Waals surface area contributed by atoms with Crippen molar-refractivity contribution in [3.63, 3.8) is 0 Å². The molecular formula is C12H13ClN4S. The average Bonchev–Trinajstić information content (AvgIpc) is 2.37. The third-order valence-electron chi connectivity index (χ3n) is 2.42. The highest BCUT2D eigenvalue weighted by Gasteiger charge is 2.11. The topological polar surface area (TPSA) is 64.7 Å². The molecule has 0 saturated heterocycles. The van der Waals surface area contributed by atoms with Gasteiger partial charge in [-0.15, -0.1) is 0 Å². The maximum Gasteiger partial charge on any atom is 0.131 e. The molecule has 94 valence electrons. The first-order valence-electron chi connectivity index (χ1n) is 5.53. The van der Waals surface area contributed by atoms with Gasteiger partial charge in [-0.2, -0.15) is 0 Å². The SMILES string of the molecule is CCc1nc(N)c(C)c(Sc2ncccc2Cl)n1. The number of aromatic nitrogens is 3. The lowest BCUT2D eigenvalue weighted by atomic mass is 10.3. The van der Waals surface area contributed by atoms with E-state index < -0.39 is 0 Å². The van der Waals surface area contributed by atoms with Gasteiger partial charge in [0.25, 0.3) is 0 Å². The molecule has 0 amide bonds. The minimum Gasteiger partial charge on any atom is -0.383 e. The minimum absolute atomic E-state index is 0.511. The fourth-order valence-electron chi connectivity index (χ4n) is 1.35. The van der Waals surface area contributed by atoms with Crippen LogP contribution < -0.4 is 5.73 Å². The van der Waals surface area contributed by atoms with Gasteiger partial charge in [-0.25, -0.2) is 15.0 Å². The number of hydrogen-bond acceptors (Lipinski definition) is 5. The zero-order valence-corrected chi connectivity index (χ0v) is 11.7. The first kappa shape index (κ1) is 13.1. The van der Waals surface area contributed by atoms with Crippen molar-refractivity contribution >= 4 is 29.2 Å². The van der Waals surface area contributed by atoms with E-state index in [-0.39, 0.29) is 0 Å². The zero-order chi connectivity index (χ0) is 13.1. The second kappa shape index (κ2) is 5.54. The number of anilines is 1. The molecule has 2 aromatic heterocycles. The molecule has 0 aliphatic heterocycles. The van der Waals surface area contributed by atoms with Crippen LogP contribution in [0.4, 0.5) is 5.82 Å². The van der Waals surface area contributed by atoms with E-state index in [9.17, 15) is 0 Å². The number of nitrogens with zero attached hydrogens (tertiary/aromatic N) is 3. The summed E-state index contributed by atoms with van der Waals surface area (Å²) in [7, 11) is 0. The smallest absolute Gasteiger partial charge is 0.131 e. The first-order chi connectivity index (χ1) is 8.61. The van der Waals surface area contributed by atoms with E-state index in [1.165, 1.54) is 11.8 Å².